The van der Waals surface area contributed by atoms with Crippen LogP contribution in [0, 0.1) is 12.3 Å². The van der Waals surface area contributed by atoms with Crippen LogP contribution >= 0.6 is 24.2 Å². The lowest BCUT2D eigenvalue weighted by atomic mass is 9.97. The first-order valence-electron chi connectivity index (χ1n) is 11.5. The summed E-state index contributed by atoms with van der Waals surface area (Å²) in [6.07, 6.45) is 2.29. The van der Waals surface area contributed by atoms with E-state index >= 15 is 0 Å². The maximum absolute atomic E-state index is 12.8. The topological polar surface area (TPSA) is 59.7 Å². The Bertz CT molecular complexity index is 1170. The van der Waals surface area contributed by atoms with E-state index < -0.39 is 11.7 Å². The van der Waals surface area contributed by atoms with E-state index in [1.165, 1.54) is 12.1 Å². The van der Waals surface area contributed by atoms with Crippen LogP contribution in [0.15, 0.2) is 41.8 Å². The molecule has 1 spiro atoms. The third kappa shape index (κ3) is 5.34. The van der Waals surface area contributed by atoms with Gasteiger partial charge in [-0.15, -0.1) is 22.6 Å². The van der Waals surface area contributed by atoms with Gasteiger partial charge in [0.05, 0.1) is 11.3 Å². The third-order valence-corrected chi connectivity index (χ3v) is 8.18. The standard InChI is InChI=1S/C24H27F3N6S.ClH/c1-16-20(29-10-9-28-16)21-30-31-22(32(21)2)34-13-3-11-33-12-8-23(15-33)14-19(23)17-4-6-18(7-5-17)24(25,26)27;/h4-7,9-10,19H,3,8,11-15H2,1-2H3;1H/t19-,23+;/m1./s1. The van der Waals surface area contributed by atoms with Crippen molar-refractivity contribution in [1.82, 2.24) is 29.6 Å². The predicted molar refractivity (Wildman–Crippen MR) is 132 cm³/mol. The number of alkyl halides is 3. The Morgan fingerprint density at radius 1 is 1.11 bits per heavy atom. The Kier molecular flexibility index (Phi) is 7.45. The van der Waals surface area contributed by atoms with Crippen LogP contribution in [-0.4, -0.2) is 55.0 Å². The first-order chi connectivity index (χ1) is 16.3. The van der Waals surface area contributed by atoms with Gasteiger partial charge in [-0.25, -0.2) is 4.98 Å². The SMILES string of the molecule is Cc1nccnc1-c1nnc(SCCCN2CC[C@]3(C[C@@H]3c3ccc(C(F)(F)F)cc3)C2)n1C.Cl. The highest BCUT2D eigenvalue weighted by molar-refractivity contribution is 7.99. The van der Waals surface area contributed by atoms with Crippen molar-refractivity contribution < 1.29 is 13.2 Å². The quantitative estimate of drug-likeness (QED) is 0.305. The average Bonchev–Trinajstić information content (AvgIpc) is 3.16. The maximum atomic E-state index is 12.8. The first-order valence-corrected chi connectivity index (χ1v) is 12.5. The first kappa shape index (κ1) is 25.9. The minimum atomic E-state index is -4.27. The molecule has 0 bridgehead atoms. The van der Waals surface area contributed by atoms with Gasteiger partial charge in [0.1, 0.15) is 5.69 Å². The molecule has 0 radical (unpaired) electrons. The van der Waals surface area contributed by atoms with E-state index in [0.29, 0.717) is 5.92 Å². The van der Waals surface area contributed by atoms with E-state index in [9.17, 15) is 13.2 Å². The maximum Gasteiger partial charge on any atom is 0.416 e. The molecule has 0 unspecified atom stereocenters. The second-order valence-corrected chi connectivity index (χ2v) is 10.4. The van der Waals surface area contributed by atoms with Crippen LogP contribution in [-0.2, 0) is 13.2 Å². The molecule has 3 heterocycles. The minimum Gasteiger partial charge on any atom is -0.304 e. The molecule has 2 atom stereocenters. The normalized spacial score (nSPS) is 21.9. The van der Waals surface area contributed by atoms with Crippen molar-refractivity contribution in [3.05, 3.63) is 53.5 Å². The van der Waals surface area contributed by atoms with Crippen LogP contribution in [0.2, 0.25) is 0 Å². The third-order valence-electron chi connectivity index (χ3n) is 7.07. The van der Waals surface area contributed by atoms with E-state index in [2.05, 4.69) is 25.1 Å². The number of aryl methyl sites for hydroxylation is 1. The summed E-state index contributed by atoms with van der Waals surface area (Å²) in [5, 5.41) is 9.49. The van der Waals surface area contributed by atoms with E-state index in [0.717, 1.165) is 72.6 Å². The Morgan fingerprint density at radius 2 is 1.86 bits per heavy atom. The molecule has 2 aliphatic rings. The van der Waals surface area contributed by atoms with E-state index in [-0.39, 0.29) is 17.8 Å². The molecule has 1 saturated heterocycles. The molecule has 35 heavy (non-hydrogen) atoms. The van der Waals surface area contributed by atoms with Crippen molar-refractivity contribution in [3.63, 3.8) is 0 Å². The van der Waals surface area contributed by atoms with Crippen LogP contribution < -0.4 is 0 Å². The van der Waals surface area contributed by atoms with Gasteiger partial charge in [-0.1, -0.05) is 23.9 Å². The van der Waals surface area contributed by atoms with Gasteiger partial charge in [-0.3, -0.25) is 4.98 Å². The van der Waals surface area contributed by atoms with Crippen LogP contribution in [0.1, 0.15) is 42.0 Å². The van der Waals surface area contributed by atoms with Crippen molar-refractivity contribution in [2.75, 3.05) is 25.4 Å². The van der Waals surface area contributed by atoms with E-state index in [4.69, 9.17) is 0 Å². The summed E-state index contributed by atoms with van der Waals surface area (Å²) in [4.78, 5) is 11.2. The van der Waals surface area contributed by atoms with Gasteiger partial charge in [0.15, 0.2) is 11.0 Å². The Labute approximate surface area is 213 Å². The van der Waals surface area contributed by atoms with Crippen molar-refractivity contribution in [2.24, 2.45) is 12.5 Å². The van der Waals surface area contributed by atoms with Crippen LogP contribution in [0.5, 0.6) is 0 Å². The molecule has 2 aromatic heterocycles. The predicted octanol–water partition coefficient (Wildman–Crippen LogP) is 5.38. The summed E-state index contributed by atoms with van der Waals surface area (Å²) in [5.74, 6) is 2.05. The van der Waals surface area contributed by atoms with Crippen LogP contribution in [0.4, 0.5) is 13.2 Å². The van der Waals surface area contributed by atoms with Gasteiger partial charge in [-0.2, -0.15) is 13.2 Å². The number of hydrogen-bond donors (Lipinski definition) is 0. The van der Waals surface area contributed by atoms with Crippen LogP contribution in [0.3, 0.4) is 0 Å². The highest BCUT2D eigenvalue weighted by atomic mass is 35.5. The minimum absolute atomic E-state index is 0. The van der Waals surface area contributed by atoms with Crippen molar-refractivity contribution in [1.29, 1.82) is 0 Å². The zero-order valence-corrected chi connectivity index (χ0v) is 21.3. The number of hydrogen-bond acceptors (Lipinski definition) is 6. The smallest absolute Gasteiger partial charge is 0.304 e. The second kappa shape index (κ2) is 10.1. The average molecular weight is 525 g/mol. The second-order valence-electron chi connectivity index (χ2n) is 9.32. The molecule has 0 N–H and O–H groups in total. The lowest BCUT2D eigenvalue weighted by molar-refractivity contribution is -0.137. The lowest BCUT2D eigenvalue weighted by Crippen LogP contribution is -2.23. The molecule has 1 saturated carbocycles. The van der Waals surface area contributed by atoms with Gasteiger partial charge >= 0.3 is 6.18 Å². The zero-order chi connectivity index (χ0) is 23.9. The molecule has 1 aliphatic carbocycles. The molecule has 2 fully saturated rings. The fraction of sp³-hybridized carbons (Fsp3) is 0.500. The fourth-order valence-corrected chi connectivity index (χ4v) is 5.91. The number of likely N-dealkylation sites (tertiary alicyclic amines) is 1. The number of thioether (sulfide) groups is 1. The van der Waals surface area contributed by atoms with Crippen molar-refractivity contribution in [3.8, 4) is 11.5 Å². The number of rotatable bonds is 7. The fourth-order valence-electron chi connectivity index (χ4n) is 5.08. The van der Waals surface area contributed by atoms with E-state index in [1.807, 2.05) is 18.5 Å². The monoisotopic (exact) mass is 524 g/mol. The van der Waals surface area contributed by atoms with Gasteiger partial charge in [-0.05, 0) is 68.3 Å². The molecule has 0 amide bonds. The zero-order valence-electron chi connectivity index (χ0n) is 19.6. The van der Waals surface area contributed by atoms with Gasteiger partial charge in [0.2, 0.25) is 0 Å². The van der Waals surface area contributed by atoms with Crippen molar-refractivity contribution in [2.45, 2.75) is 43.4 Å². The van der Waals surface area contributed by atoms with Crippen molar-refractivity contribution >= 4 is 24.2 Å². The molecular formula is C24H28ClF3N6S. The van der Waals surface area contributed by atoms with Crippen LogP contribution in [0.25, 0.3) is 11.5 Å². The molecule has 5 rings (SSSR count). The molecule has 188 valence electrons. The molecular weight excluding hydrogens is 497 g/mol. The Balaban J connectivity index is 0.00000289. The molecule has 3 aromatic rings. The molecule has 1 aliphatic heterocycles. The van der Waals surface area contributed by atoms with Gasteiger partial charge < -0.3 is 9.47 Å². The highest BCUT2D eigenvalue weighted by Crippen LogP contribution is 2.64. The molecule has 1 aromatic carbocycles. The van der Waals surface area contributed by atoms with Gasteiger partial charge in [0.25, 0.3) is 0 Å². The number of benzene rings is 1. The summed E-state index contributed by atoms with van der Waals surface area (Å²) in [5.41, 5.74) is 2.30. The Hall–Kier alpha value is -2.17. The molecule has 11 heteroatoms. The lowest BCUT2D eigenvalue weighted by Gasteiger charge is -2.16. The summed E-state index contributed by atoms with van der Waals surface area (Å²) in [6, 6.07) is 5.77. The molecule has 6 nitrogen and oxygen atoms in total. The summed E-state index contributed by atoms with van der Waals surface area (Å²) < 4.78 is 40.5. The summed E-state index contributed by atoms with van der Waals surface area (Å²) in [7, 11) is 1.95. The highest BCUT2D eigenvalue weighted by Gasteiger charge is 2.57. The van der Waals surface area contributed by atoms with Gasteiger partial charge in [0, 0.05) is 31.7 Å². The summed E-state index contributed by atoms with van der Waals surface area (Å²) >= 11 is 1.69. The Morgan fingerprint density at radius 3 is 2.57 bits per heavy atom. The largest absolute Gasteiger partial charge is 0.416 e. The number of aromatic nitrogens is 5. The summed E-state index contributed by atoms with van der Waals surface area (Å²) in [6.45, 7) is 5.02. The number of nitrogens with zero attached hydrogens (tertiary/aromatic N) is 6. The number of halogens is 4. The van der Waals surface area contributed by atoms with E-state index in [1.54, 1.807) is 36.3 Å².